The molecule has 0 amide bonds. The van der Waals surface area contributed by atoms with E-state index in [9.17, 15) is 13.2 Å². The number of rotatable bonds is 3. The molecule has 2 N–H and O–H groups in total. The topological polar surface area (TPSA) is 38.9 Å². The fourth-order valence-electron chi connectivity index (χ4n) is 1.99. The van der Waals surface area contributed by atoms with Gasteiger partial charge in [-0.05, 0) is 35.7 Å². The summed E-state index contributed by atoms with van der Waals surface area (Å²) < 4.78 is 38.9. The van der Waals surface area contributed by atoms with Crippen LogP contribution in [0, 0.1) is 0 Å². The van der Waals surface area contributed by atoms with Crippen molar-refractivity contribution in [3.05, 3.63) is 63.4 Å². The van der Waals surface area contributed by atoms with E-state index < -0.39 is 17.8 Å². The van der Waals surface area contributed by atoms with Gasteiger partial charge in [-0.2, -0.15) is 13.2 Å². The van der Waals surface area contributed by atoms with Crippen LogP contribution in [-0.2, 0) is 12.6 Å². The lowest BCUT2D eigenvalue weighted by atomic mass is 9.97. The first-order chi connectivity index (χ1) is 9.79. The summed E-state index contributed by atoms with van der Waals surface area (Å²) in [7, 11) is 0. The molecule has 0 spiro atoms. The first kappa shape index (κ1) is 16.1. The van der Waals surface area contributed by atoms with Crippen molar-refractivity contribution in [2.45, 2.75) is 18.6 Å². The van der Waals surface area contributed by atoms with Gasteiger partial charge in [-0.25, -0.2) is 0 Å². The third-order valence-corrected chi connectivity index (χ3v) is 3.60. The molecule has 0 bridgehead atoms. The van der Waals surface area contributed by atoms with Crippen LogP contribution in [0.25, 0.3) is 0 Å². The predicted molar refractivity (Wildman–Crippen MR) is 76.3 cm³/mol. The van der Waals surface area contributed by atoms with Crippen molar-refractivity contribution in [3.63, 3.8) is 0 Å². The number of nitrogens with zero attached hydrogens (tertiary/aromatic N) is 1. The molecule has 1 atom stereocenters. The Hall–Kier alpha value is -1.30. The molecule has 0 fully saturated rings. The lowest BCUT2D eigenvalue weighted by Gasteiger charge is -2.18. The van der Waals surface area contributed by atoms with Gasteiger partial charge in [-0.3, -0.25) is 4.98 Å². The number of halogens is 5. The Balaban J connectivity index is 2.31. The number of pyridine rings is 1. The van der Waals surface area contributed by atoms with Crippen LogP contribution in [0.4, 0.5) is 13.2 Å². The Morgan fingerprint density at radius 2 is 1.90 bits per heavy atom. The van der Waals surface area contributed by atoms with Gasteiger partial charge in [0, 0.05) is 28.5 Å². The van der Waals surface area contributed by atoms with Crippen molar-refractivity contribution in [2.75, 3.05) is 0 Å². The number of alkyl halides is 3. The highest BCUT2D eigenvalue weighted by Crippen LogP contribution is 2.35. The van der Waals surface area contributed by atoms with Gasteiger partial charge in [-0.15, -0.1) is 0 Å². The summed E-state index contributed by atoms with van der Waals surface area (Å²) in [5.74, 6) is 0. The van der Waals surface area contributed by atoms with Crippen LogP contribution in [0.1, 0.15) is 22.7 Å². The van der Waals surface area contributed by atoms with E-state index in [0.717, 1.165) is 18.5 Å². The zero-order chi connectivity index (χ0) is 15.6. The summed E-state index contributed by atoms with van der Waals surface area (Å²) in [6.45, 7) is 0. The standard InChI is InChI=1S/C14H11Cl2F3N2/c15-9-2-1-8(12(16)6-9)5-13(20)10-7-21-4-3-11(10)14(17,18)19/h1-4,6-7,13H,5,20H2. The predicted octanol–water partition coefficient (Wildman–Crippen LogP) is 4.65. The summed E-state index contributed by atoms with van der Waals surface area (Å²) >= 11 is 11.8. The van der Waals surface area contributed by atoms with E-state index in [0.29, 0.717) is 15.6 Å². The highest BCUT2D eigenvalue weighted by Gasteiger charge is 2.34. The molecule has 1 aromatic carbocycles. The van der Waals surface area contributed by atoms with Crippen LogP contribution in [0.15, 0.2) is 36.7 Å². The molecule has 0 saturated heterocycles. The molecule has 0 aliphatic heterocycles. The van der Waals surface area contributed by atoms with E-state index in [4.69, 9.17) is 28.9 Å². The number of hydrogen-bond acceptors (Lipinski definition) is 2. The SMILES string of the molecule is NC(Cc1ccc(Cl)cc1Cl)c1cnccc1C(F)(F)F. The van der Waals surface area contributed by atoms with Crippen molar-refractivity contribution in [2.24, 2.45) is 5.73 Å². The van der Waals surface area contributed by atoms with Crippen LogP contribution in [0.2, 0.25) is 10.0 Å². The summed E-state index contributed by atoms with van der Waals surface area (Å²) in [4.78, 5) is 3.72. The molecule has 2 nitrogen and oxygen atoms in total. The average Bonchev–Trinajstić information content (AvgIpc) is 2.41. The molecule has 0 radical (unpaired) electrons. The molecular formula is C14H11Cl2F3N2. The summed E-state index contributed by atoms with van der Waals surface area (Å²) in [5.41, 5.74) is 5.69. The van der Waals surface area contributed by atoms with Crippen LogP contribution in [0.3, 0.4) is 0 Å². The quantitative estimate of drug-likeness (QED) is 0.887. The first-order valence-corrected chi connectivity index (χ1v) is 6.75. The van der Waals surface area contributed by atoms with E-state index in [2.05, 4.69) is 4.98 Å². The zero-order valence-corrected chi connectivity index (χ0v) is 12.2. The molecule has 112 valence electrons. The Labute approximate surface area is 129 Å². The van der Waals surface area contributed by atoms with Crippen molar-refractivity contribution < 1.29 is 13.2 Å². The van der Waals surface area contributed by atoms with Crippen LogP contribution in [0.5, 0.6) is 0 Å². The van der Waals surface area contributed by atoms with Crippen molar-refractivity contribution in [1.29, 1.82) is 0 Å². The number of aromatic nitrogens is 1. The average molecular weight is 335 g/mol. The Kier molecular flexibility index (Phi) is 4.76. The van der Waals surface area contributed by atoms with Crippen LogP contribution >= 0.6 is 23.2 Å². The second kappa shape index (κ2) is 6.22. The van der Waals surface area contributed by atoms with Crippen molar-refractivity contribution in [1.82, 2.24) is 4.98 Å². The lowest BCUT2D eigenvalue weighted by Crippen LogP contribution is -2.19. The van der Waals surface area contributed by atoms with Crippen LogP contribution in [-0.4, -0.2) is 4.98 Å². The Morgan fingerprint density at radius 1 is 1.19 bits per heavy atom. The highest BCUT2D eigenvalue weighted by molar-refractivity contribution is 6.35. The van der Waals surface area contributed by atoms with Crippen molar-refractivity contribution in [3.8, 4) is 0 Å². The van der Waals surface area contributed by atoms with Gasteiger partial charge in [0.1, 0.15) is 0 Å². The normalized spacial score (nSPS) is 13.2. The fourth-order valence-corrected chi connectivity index (χ4v) is 2.48. The maximum atomic E-state index is 13.0. The molecule has 2 rings (SSSR count). The molecule has 1 aromatic heterocycles. The minimum atomic E-state index is -4.47. The third kappa shape index (κ3) is 3.87. The molecule has 2 aromatic rings. The molecule has 7 heteroatoms. The molecule has 0 aliphatic carbocycles. The monoisotopic (exact) mass is 334 g/mol. The molecule has 1 unspecified atom stereocenters. The molecular weight excluding hydrogens is 324 g/mol. The van der Waals surface area contributed by atoms with Crippen molar-refractivity contribution >= 4 is 23.2 Å². The summed E-state index contributed by atoms with van der Waals surface area (Å²) in [6.07, 6.45) is -2.09. The van der Waals surface area contributed by atoms with Gasteiger partial charge in [0.15, 0.2) is 0 Å². The van der Waals surface area contributed by atoms with E-state index >= 15 is 0 Å². The first-order valence-electron chi connectivity index (χ1n) is 5.99. The molecule has 21 heavy (non-hydrogen) atoms. The maximum Gasteiger partial charge on any atom is 0.416 e. The molecule has 0 saturated carbocycles. The van der Waals surface area contributed by atoms with E-state index in [1.54, 1.807) is 12.1 Å². The Bertz CT molecular complexity index is 644. The fraction of sp³-hybridized carbons (Fsp3) is 0.214. The largest absolute Gasteiger partial charge is 0.416 e. The molecule has 0 aliphatic rings. The highest BCUT2D eigenvalue weighted by atomic mass is 35.5. The summed E-state index contributed by atoms with van der Waals surface area (Å²) in [5, 5.41) is 0.824. The van der Waals surface area contributed by atoms with E-state index in [1.165, 1.54) is 6.07 Å². The number of hydrogen-bond donors (Lipinski definition) is 1. The zero-order valence-electron chi connectivity index (χ0n) is 10.7. The lowest BCUT2D eigenvalue weighted by molar-refractivity contribution is -0.138. The van der Waals surface area contributed by atoms with E-state index in [1.807, 2.05) is 0 Å². The smallest absolute Gasteiger partial charge is 0.324 e. The molecule has 1 heterocycles. The van der Waals surface area contributed by atoms with Gasteiger partial charge in [0.2, 0.25) is 0 Å². The van der Waals surface area contributed by atoms with Gasteiger partial charge in [-0.1, -0.05) is 29.3 Å². The van der Waals surface area contributed by atoms with Crippen LogP contribution < -0.4 is 5.73 Å². The second-order valence-corrected chi connectivity index (χ2v) is 5.35. The minimum absolute atomic E-state index is 0.0592. The maximum absolute atomic E-state index is 13.0. The van der Waals surface area contributed by atoms with Gasteiger partial charge < -0.3 is 5.73 Å². The van der Waals surface area contributed by atoms with Gasteiger partial charge >= 0.3 is 6.18 Å². The number of benzene rings is 1. The third-order valence-electron chi connectivity index (χ3n) is 3.01. The Morgan fingerprint density at radius 3 is 2.52 bits per heavy atom. The van der Waals surface area contributed by atoms with Gasteiger partial charge in [0.05, 0.1) is 5.56 Å². The summed E-state index contributed by atoms with van der Waals surface area (Å²) in [6, 6.07) is 4.84. The second-order valence-electron chi connectivity index (χ2n) is 4.51. The van der Waals surface area contributed by atoms with Gasteiger partial charge in [0.25, 0.3) is 0 Å². The minimum Gasteiger partial charge on any atom is -0.324 e. The van der Waals surface area contributed by atoms with E-state index in [-0.39, 0.29) is 12.0 Å². The number of nitrogens with two attached hydrogens (primary N) is 1.